The van der Waals surface area contributed by atoms with Gasteiger partial charge >= 0.3 is 0 Å². The number of pyridine rings is 1. The van der Waals surface area contributed by atoms with Crippen molar-refractivity contribution in [3.63, 3.8) is 0 Å². The molecule has 19 heavy (non-hydrogen) atoms. The van der Waals surface area contributed by atoms with Crippen molar-refractivity contribution in [3.05, 3.63) is 23.5 Å². The molecule has 0 bridgehead atoms. The van der Waals surface area contributed by atoms with E-state index < -0.39 is 0 Å². The monoisotopic (exact) mass is 265 g/mol. The van der Waals surface area contributed by atoms with Crippen molar-refractivity contribution in [2.75, 3.05) is 27.2 Å². The van der Waals surface area contributed by atoms with Crippen LogP contribution >= 0.6 is 0 Å². The Kier molecular flexibility index (Phi) is 6.81. The zero-order chi connectivity index (χ0) is 14.3. The smallest absolute Gasteiger partial charge is 0.140 e. The highest BCUT2D eigenvalue weighted by Gasteiger charge is 2.10. The lowest BCUT2D eigenvalue weighted by atomic mass is 10.1. The van der Waals surface area contributed by atoms with Gasteiger partial charge in [-0.15, -0.1) is 0 Å². The molecular weight excluding hydrogens is 238 g/mol. The fourth-order valence-electron chi connectivity index (χ4n) is 1.83. The lowest BCUT2D eigenvalue weighted by Crippen LogP contribution is -2.23. The first-order chi connectivity index (χ1) is 9.02. The van der Waals surface area contributed by atoms with E-state index in [0.717, 1.165) is 49.6 Å². The van der Waals surface area contributed by atoms with Gasteiger partial charge in [0.05, 0.1) is 12.3 Å². The summed E-state index contributed by atoms with van der Waals surface area (Å²) in [7, 11) is 4.14. The molecule has 1 rings (SSSR count). The van der Waals surface area contributed by atoms with Crippen molar-refractivity contribution in [2.45, 2.75) is 39.2 Å². The van der Waals surface area contributed by atoms with Crippen LogP contribution in [0, 0.1) is 6.92 Å². The van der Waals surface area contributed by atoms with E-state index in [-0.39, 0.29) is 6.04 Å². The molecule has 1 aromatic rings. The van der Waals surface area contributed by atoms with Gasteiger partial charge in [0.25, 0.3) is 0 Å². The van der Waals surface area contributed by atoms with Crippen LogP contribution in [0.15, 0.2) is 12.1 Å². The minimum absolute atomic E-state index is 0.151. The van der Waals surface area contributed by atoms with Crippen LogP contribution in [0.1, 0.15) is 31.2 Å². The van der Waals surface area contributed by atoms with Gasteiger partial charge in [0.15, 0.2) is 0 Å². The lowest BCUT2D eigenvalue weighted by molar-refractivity contribution is 0.277. The predicted molar refractivity (Wildman–Crippen MR) is 79.6 cm³/mol. The molecule has 0 aliphatic heterocycles. The van der Waals surface area contributed by atoms with Gasteiger partial charge in [0.1, 0.15) is 5.75 Å². The van der Waals surface area contributed by atoms with Gasteiger partial charge in [0, 0.05) is 24.7 Å². The van der Waals surface area contributed by atoms with Crippen molar-refractivity contribution < 1.29 is 4.74 Å². The molecule has 4 heteroatoms. The summed E-state index contributed by atoms with van der Waals surface area (Å²) >= 11 is 0. The molecule has 0 saturated carbocycles. The second kappa shape index (κ2) is 8.12. The van der Waals surface area contributed by atoms with E-state index in [4.69, 9.17) is 10.5 Å². The maximum absolute atomic E-state index is 6.02. The molecule has 0 radical (unpaired) electrons. The number of hydrogen-bond acceptors (Lipinski definition) is 4. The topological polar surface area (TPSA) is 51.4 Å². The first-order valence-electron chi connectivity index (χ1n) is 7.02. The van der Waals surface area contributed by atoms with E-state index in [0.29, 0.717) is 0 Å². The Morgan fingerprint density at radius 1 is 1.37 bits per heavy atom. The molecule has 0 aromatic carbocycles. The number of nitrogens with zero attached hydrogens (tertiary/aromatic N) is 2. The maximum Gasteiger partial charge on any atom is 0.140 e. The van der Waals surface area contributed by atoms with Gasteiger partial charge < -0.3 is 15.4 Å². The highest BCUT2D eigenvalue weighted by molar-refractivity contribution is 5.30. The molecule has 1 aromatic heterocycles. The average Bonchev–Trinajstić information content (AvgIpc) is 2.36. The van der Waals surface area contributed by atoms with Gasteiger partial charge in [-0.05, 0) is 46.0 Å². The average molecular weight is 265 g/mol. The minimum Gasteiger partial charge on any atom is -0.492 e. The number of aryl methyl sites for hydroxylation is 1. The summed E-state index contributed by atoms with van der Waals surface area (Å²) in [5.74, 6) is 0.883. The van der Waals surface area contributed by atoms with Crippen LogP contribution < -0.4 is 10.5 Å². The van der Waals surface area contributed by atoms with Crippen LogP contribution in [0.25, 0.3) is 0 Å². The molecule has 0 aliphatic carbocycles. The Morgan fingerprint density at radius 3 is 2.74 bits per heavy atom. The van der Waals surface area contributed by atoms with Crippen LogP contribution in [-0.2, 0) is 6.42 Å². The van der Waals surface area contributed by atoms with Gasteiger partial charge in [-0.3, -0.25) is 4.98 Å². The van der Waals surface area contributed by atoms with Crippen molar-refractivity contribution >= 4 is 0 Å². The van der Waals surface area contributed by atoms with Crippen LogP contribution in [0.5, 0.6) is 5.75 Å². The summed E-state index contributed by atoms with van der Waals surface area (Å²) in [6.07, 6.45) is 2.75. The molecule has 1 atom stereocenters. The largest absolute Gasteiger partial charge is 0.492 e. The third kappa shape index (κ3) is 6.03. The summed E-state index contributed by atoms with van der Waals surface area (Å²) in [5.41, 5.74) is 8.01. The second-order valence-electron chi connectivity index (χ2n) is 5.28. The molecule has 108 valence electrons. The van der Waals surface area contributed by atoms with E-state index >= 15 is 0 Å². The third-order valence-electron chi connectivity index (χ3n) is 3.06. The van der Waals surface area contributed by atoms with E-state index in [1.165, 1.54) is 0 Å². The van der Waals surface area contributed by atoms with E-state index in [1.807, 2.05) is 19.1 Å². The zero-order valence-electron chi connectivity index (χ0n) is 12.6. The van der Waals surface area contributed by atoms with Crippen LogP contribution in [0.2, 0.25) is 0 Å². The van der Waals surface area contributed by atoms with Gasteiger partial charge in [0.2, 0.25) is 0 Å². The normalized spacial score (nSPS) is 12.7. The second-order valence-corrected chi connectivity index (χ2v) is 5.28. The molecule has 0 spiro atoms. The Labute approximate surface area is 117 Å². The lowest BCUT2D eigenvalue weighted by Gasteiger charge is -2.15. The SMILES string of the molecule is CCC(N)Cc1nc(C)ccc1OCCCN(C)C. The quantitative estimate of drug-likeness (QED) is 0.730. The van der Waals surface area contributed by atoms with Gasteiger partial charge in [-0.1, -0.05) is 6.92 Å². The van der Waals surface area contributed by atoms with Crippen molar-refractivity contribution in [1.29, 1.82) is 0 Å². The first kappa shape index (κ1) is 15.9. The number of nitrogens with two attached hydrogens (primary N) is 1. The maximum atomic E-state index is 6.02. The Balaban J connectivity index is 2.60. The van der Waals surface area contributed by atoms with E-state index in [9.17, 15) is 0 Å². The van der Waals surface area contributed by atoms with Gasteiger partial charge in [-0.2, -0.15) is 0 Å². The minimum atomic E-state index is 0.151. The standard InChI is InChI=1S/C15H27N3O/c1-5-13(16)11-14-15(8-7-12(2)17-14)19-10-6-9-18(3)4/h7-8,13H,5-6,9-11,16H2,1-4H3. The third-order valence-corrected chi connectivity index (χ3v) is 3.06. The van der Waals surface area contributed by atoms with Crippen LogP contribution in [-0.4, -0.2) is 43.2 Å². The molecule has 2 N–H and O–H groups in total. The number of hydrogen-bond donors (Lipinski definition) is 1. The highest BCUT2D eigenvalue weighted by atomic mass is 16.5. The summed E-state index contributed by atoms with van der Waals surface area (Å²) in [4.78, 5) is 6.72. The number of aromatic nitrogens is 1. The van der Waals surface area contributed by atoms with Crippen LogP contribution in [0.4, 0.5) is 0 Å². The van der Waals surface area contributed by atoms with Gasteiger partial charge in [-0.25, -0.2) is 0 Å². The Morgan fingerprint density at radius 2 is 2.11 bits per heavy atom. The number of rotatable bonds is 8. The summed E-state index contributed by atoms with van der Waals surface area (Å²) in [6, 6.07) is 4.15. The molecule has 1 heterocycles. The van der Waals surface area contributed by atoms with Crippen molar-refractivity contribution in [1.82, 2.24) is 9.88 Å². The fraction of sp³-hybridized carbons (Fsp3) is 0.667. The van der Waals surface area contributed by atoms with Crippen molar-refractivity contribution in [2.24, 2.45) is 5.73 Å². The Bertz CT molecular complexity index is 380. The van der Waals surface area contributed by atoms with E-state index in [2.05, 4.69) is 30.9 Å². The summed E-state index contributed by atoms with van der Waals surface area (Å²) in [5, 5.41) is 0. The summed E-state index contributed by atoms with van der Waals surface area (Å²) < 4.78 is 5.84. The molecule has 0 fully saturated rings. The van der Waals surface area contributed by atoms with Crippen molar-refractivity contribution in [3.8, 4) is 5.75 Å². The highest BCUT2D eigenvalue weighted by Crippen LogP contribution is 2.19. The molecule has 0 saturated heterocycles. The predicted octanol–water partition coefficient (Wildman–Crippen LogP) is 2.00. The Hall–Kier alpha value is -1.13. The zero-order valence-corrected chi connectivity index (χ0v) is 12.6. The number of ether oxygens (including phenoxy) is 1. The first-order valence-corrected chi connectivity index (χ1v) is 7.02. The molecule has 0 amide bonds. The molecule has 1 unspecified atom stereocenters. The van der Waals surface area contributed by atoms with Crippen LogP contribution in [0.3, 0.4) is 0 Å². The molecular formula is C15H27N3O. The molecule has 4 nitrogen and oxygen atoms in total. The van der Waals surface area contributed by atoms with E-state index in [1.54, 1.807) is 0 Å². The fourth-order valence-corrected chi connectivity index (χ4v) is 1.83. The summed E-state index contributed by atoms with van der Waals surface area (Å²) in [6.45, 7) is 5.84. The molecule has 0 aliphatic rings.